The Bertz CT molecular complexity index is 264. The van der Waals surface area contributed by atoms with Gasteiger partial charge in [0.15, 0.2) is 0 Å². The molecule has 2 rings (SSSR count). The van der Waals surface area contributed by atoms with Crippen LogP contribution < -0.4 is 0 Å². The van der Waals surface area contributed by atoms with E-state index in [2.05, 4.69) is 13.8 Å². The van der Waals surface area contributed by atoms with E-state index in [0.717, 1.165) is 18.3 Å². The van der Waals surface area contributed by atoms with Crippen LogP contribution in [0.3, 0.4) is 0 Å². The van der Waals surface area contributed by atoms with Crippen LogP contribution in [0, 0.1) is 17.3 Å². The Balaban J connectivity index is 2.03. The molecule has 2 heteroatoms. The first kappa shape index (κ1) is 11.9. The Kier molecular flexibility index (Phi) is 3.27. The SMILES string of the molecule is CC(=O)OC1CCC(C2CCCC2)C1(C)C. The highest BCUT2D eigenvalue weighted by Crippen LogP contribution is 2.51. The number of rotatable bonds is 2. The minimum atomic E-state index is -0.120. The Morgan fingerprint density at radius 1 is 1.12 bits per heavy atom. The van der Waals surface area contributed by atoms with Crippen molar-refractivity contribution >= 4 is 5.97 Å². The Hall–Kier alpha value is -0.530. The smallest absolute Gasteiger partial charge is 0.302 e. The summed E-state index contributed by atoms with van der Waals surface area (Å²) >= 11 is 0. The summed E-state index contributed by atoms with van der Waals surface area (Å²) in [6.45, 7) is 6.10. The van der Waals surface area contributed by atoms with E-state index in [4.69, 9.17) is 4.74 Å². The van der Waals surface area contributed by atoms with Crippen LogP contribution in [-0.2, 0) is 9.53 Å². The number of ether oxygens (including phenoxy) is 1. The highest BCUT2D eigenvalue weighted by atomic mass is 16.5. The molecule has 2 atom stereocenters. The molecule has 92 valence electrons. The van der Waals surface area contributed by atoms with Crippen molar-refractivity contribution in [1.29, 1.82) is 0 Å². The van der Waals surface area contributed by atoms with Gasteiger partial charge in [0.25, 0.3) is 0 Å². The number of esters is 1. The summed E-state index contributed by atoms with van der Waals surface area (Å²) in [4.78, 5) is 11.1. The van der Waals surface area contributed by atoms with Gasteiger partial charge >= 0.3 is 5.97 Å². The summed E-state index contributed by atoms with van der Waals surface area (Å²) in [6, 6.07) is 0. The van der Waals surface area contributed by atoms with E-state index < -0.39 is 0 Å². The van der Waals surface area contributed by atoms with Crippen molar-refractivity contribution in [1.82, 2.24) is 0 Å². The van der Waals surface area contributed by atoms with Crippen LogP contribution in [0.15, 0.2) is 0 Å². The molecule has 16 heavy (non-hydrogen) atoms. The first-order valence-electron chi connectivity index (χ1n) is 6.69. The zero-order chi connectivity index (χ0) is 11.8. The topological polar surface area (TPSA) is 26.3 Å². The highest BCUT2D eigenvalue weighted by molar-refractivity contribution is 5.66. The third-order valence-electron chi connectivity index (χ3n) is 4.80. The normalized spacial score (nSPS) is 34.2. The van der Waals surface area contributed by atoms with E-state index in [1.165, 1.54) is 39.0 Å². The molecule has 2 aliphatic carbocycles. The predicted molar refractivity (Wildman–Crippen MR) is 64.0 cm³/mol. The van der Waals surface area contributed by atoms with Gasteiger partial charge in [-0.25, -0.2) is 0 Å². The molecule has 2 unspecified atom stereocenters. The molecule has 0 spiro atoms. The molecule has 2 aliphatic rings. The lowest BCUT2D eigenvalue weighted by Crippen LogP contribution is -2.35. The quantitative estimate of drug-likeness (QED) is 0.671. The average molecular weight is 224 g/mol. The van der Waals surface area contributed by atoms with Gasteiger partial charge in [-0.2, -0.15) is 0 Å². The van der Waals surface area contributed by atoms with Gasteiger partial charge in [0, 0.05) is 12.3 Å². The third kappa shape index (κ3) is 2.11. The molecular formula is C14H24O2. The second-order valence-electron chi connectivity index (χ2n) is 6.15. The zero-order valence-electron chi connectivity index (χ0n) is 10.8. The lowest BCUT2D eigenvalue weighted by Gasteiger charge is -2.35. The van der Waals surface area contributed by atoms with Crippen molar-refractivity contribution in [2.45, 2.75) is 65.4 Å². The van der Waals surface area contributed by atoms with Gasteiger partial charge in [0.1, 0.15) is 6.10 Å². The van der Waals surface area contributed by atoms with E-state index in [-0.39, 0.29) is 17.5 Å². The van der Waals surface area contributed by atoms with Gasteiger partial charge < -0.3 is 4.74 Å². The molecule has 0 aliphatic heterocycles. The molecule has 2 fully saturated rings. The minimum absolute atomic E-state index is 0.120. The van der Waals surface area contributed by atoms with E-state index in [9.17, 15) is 4.79 Å². The average Bonchev–Trinajstić information content (AvgIpc) is 2.75. The largest absolute Gasteiger partial charge is 0.462 e. The van der Waals surface area contributed by atoms with Crippen molar-refractivity contribution in [3.63, 3.8) is 0 Å². The lowest BCUT2D eigenvalue weighted by molar-refractivity contribution is -0.152. The predicted octanol–water partition coefficient (Wildman–Crippen LogP) is 3.54. The van der Waals surface area contributed by atoms with Crippen molar-refractivity contribution < 1.29 is 9.53 Å². The second-order valence-corrected chi connectivity index (χ2v) is 6.15. The fraction of sp³-hybridized carbons (Fsp3) is 0.929. The standard InChI is InChI=1S/C14H24O2/c1-10(15)16-13-9-8-12(14(13,2)3)11-6-4-5-7-11/h11-13H,4-9H2,1-3H3. The van der Waals surface area contributed by atoms with Crippen molar-refractivity contribution in [3.05, 3.63) is 0 Å². The Labute approximate surface area is 98.7 Å². The van der Waals surface area contributed by atoms with Gasteiger partial charge in [-0.15, -0.1) is 0 Å². The molecule has 0 aromatic carbocycles. The Morgan fingerprint density at radius 3 is 2.31 bits per heavy atom. The molecule has 0 amide bonds. The number of hydrogen-bond donors (Lipinski definition) is 0. The molecular weight excluding hydrogens is 200 g/mol. The Morgan fingerprint density at radius 2 is 1.75 bits per heavy atom. The minimum Gasteiger partial charge on any atom is -0.462 e. The summed E-state index contributed by atoms with van der Waals surface area (Å²) < 4.78 is 5.48. The van der Waals surface area contributed by atoms with Gasteiger partial charge in [-0.3, -0.25) is 4.79 Å². The molecule has 0 saturated heterocycles. The summed E-state index contributed by atoms with van der Waals surface area (Å²) in [7, 11) is 0. The molecule has 0 aromatic heterocycles. The molecule has 2 nitrogen and oxygen atoms in total. The van der Waals surface area contributed by atoms with E-state index in [0.29, 0.717) is 0 Å². The van der Waals surface area contributed by atoms with Gasteiger partial charge in [0.05, 0.1) is 0 Å². The van der Waals surface area contributed by atoms with Crippen LogP contribution >= 0.6 is 0 Å². The zero-order valence-corrected chi connectivity index (χ0v) is 10.8. The second kappa shape index (κ2) is 4.38. The number of carbonyl (C=O) groups is 1. The maximum Gasteiger partial charge on any atom is 0.302 e. The fourth-order valence-electron chi connectivity index (χ4n) is 3.93. The summed E-state index contributed by atoms with van der Waals surface area (Å²) in [5.41, 5.74) is 0.181. The summed E-state index contributed by atoms with van der Waals surface area (Å²) in [5.74, 6) is 1.53. The van der Waals surface area contributed by atoms with Gasteiger partial charge in [-0.05, 0) is 24.7 Å². The van der Waals surface area contributed by atoms with Crippen molar-refractivity contribution in [2.75, 3.05) is 0 Å². The molecule has 0 bridgehead atoms. The maximum absolute atomic E-state index is 11.1. The van der Waals surface area contributed by atoms with Crippen molar-refractivity contribution in [3.8, 4) is 0 Å². The maximum atomic E-state index is 11.1. The lowest BCUT2D eigenvalue weighted by atomic mass is 9.73. The first-order chi connectivity index (χ1) is 7.51. The summed E-state index contributed by atoms with van der Waals surface area (Å²) in [6.07, 6.45) is 8.03. The number of carbonyl (C=O) groups excluding carboxylic acids is 1. The third-order valence-corrected chi connectivity index (χ3v) is 4.80. The fourth-order valence-corrected chi connectivity index (χ4v) is 3.93. The van der Waals surface area contributed by atoms with Crippen LogP contribution in [0.25, 0.3) is 0 Å². The van der Waals surface area contributed by atoms with E-state index in [1.54, 1.807) is 0 Å². The van der Waals surface area contributed by atoms with Gasteiger partial charge in [-0.1, -0.05) is 39.5 Å². The summed E-state index contributed by atoms with van der Waals surface area (Å²) in [5, 5.41) is 0. The van der Waals surface area contributed by atoms with E-state index >= 15 is 0 Å². The van der Waals surface area contributed by atoms with Crippen LogP contribution in [0.1, 0.15) is 59.3 Å². The first-order valence-corrected chi connectivity index (χ1v) is 6.69. The highest BCUT2D eigenvalue weighted by Gasteiger charge is 2.48. The van der Waals surface area contributed by atoms with Crippen LogP contribution in [0.4, 0.5) is 0 Å². The molecule has 0 N–H and O–H groups in total. The molecule has 0 aromatic rings. The van der Waals surface area contributed by atoms with Crippen molar-refractivity contribution in [2.24, 2.45) is 17.3 Å². The van der Waals surface area contributed by atoms with Crippen LogP contribution in [-0.4, -0.2) is 12.1 Å². The van der Waals surface area contributed by atoms with Crippen LogP contribution in [0.2, 0.25) is 0 Å². The molecule has 0 heterocycles. The molecule has 0 radical (unpaired) electrons. The molecule has 2 saturated carbocycles. The van der Waals surface area contributed by atoms with Gasteiger partial charge in [0.2, 0.25) is 0 Å². The van der Waals surface area contributed by atoms with Crippen LogP contribution in [0.5, 0.6) is 0 Å². The monoisotopic (exact) mass is 224 g/mol. The number of hydrogen-bond acceptors (Lipinski definition) is 2. The van der Waals surface area contributed by atoms with E-state index in [1.807, 2.05) is 0 Å².